The van der Waals surface area contributed by atoms with Crippen LogP contribution >= 0.6 is 0 Å². The predicted octanol–water partition coefficient (Wildman–Crippen LogP) is 1.17. The summed E-state index contributed by atoms with van der Waals surface area (Å²) in [6.07, 6.45) is 0. The van der Waals surface area contributed by atoms with E-state index in [-0.39, 0.29) is 24.4 Å². The van der Waals surface area contributed by atoms with E-state index in [2.05, 4.69) is 15.5 Å². The van der Waals surface area contributed by atoms with Crippen molar-refractivity contribution < 1.29 is 19.1 Å². The highest BCUT2D eigenvalue weighted by molar-refractivity contribution is 5.90. The number of hydrogen-bond donors (Lipinski definition) is 2. The lowest BCUT2D eigenvalue weighted by molar-refractivity contribution is -0.142. The normalized spacial score (nSPS) is 12.7. The van der Waals surface area contributed by atoms with E-state index in [0.717, 1.165) is 0 Å². The molecule has 0 saturated heterocycles. The number of rotatable bonds is 8. The number of anilines is 1. The molecule has 8 nitrogen and oxygen atoms in total. The number of amides is 1. The van der Waals surface area contributed by atoms with Crippen LogP contribution in [0.4, 0.5) is 6.01 Å². The number of likely N-dealkylation sites (N-methyl/N-ethyl adjacent to an activating group) is 1. The molecule has 8 heteroatoms. The van der Waals surface area contributed by atoms with E-state index < -0.39 is 11.9 Å². The first-order valence-corrected chi connectivity index (χ1v) is 6.91. The molecular weight excluding hydrogens is 276 g/mol. The van der Waals surface area contributed by atoms with E-state index in [4.69, 9.17) is 9.52 Å². The van der Waals surface area contributed by atoms with Crippen LogP contribution in [0, 0.1) is 5.92 Å². The van der Waals surface area contributed by atoms with Crippen molar-refractivity contribution in [2.75, 3.05) is 25.0 Å². The number of nitrogens with one attached hydrogen (secondary N) is 1. The van der Waals surface area contributed by atoms with Crippen LogP contribution in [-0.2, 0) is 9.59 Å². The number of nitrogens with zero attached hydrogens (tertiary/aromatic N) is 3. The third-order valence-corrected chi connectivity index (χ3v) is 2.95. The van der Waals surface area contributed by atoms with E-state index in [1.165, 1.54) is 0 Å². The van der Waals surface area contributed by atoms with Gasteiger partial charge in [-0.25, -0.2) is 0 Å². The van der Waals surface area contributed by atoms with Crippen molar-refractivity contribution in [3.8, 4) is 0 Å². The van der Waals surface area contributed by atoms with Crippen LogP contribution in [0.5, 0.6) is 0 Å². The van der Waals surface area contributed by atoms with Crippen molar-refractivity contribution in [1.82, 2.24) is 15.1 Å². The van der Waals surface area contributed by atoms with E-state index in [0.29, 0.717) is 19.0 Å². The predicted molar refractivity (Wildman–Crippen MR) is 75.9 cm³/mol. The summed E-state index contributed by atoms with van der Waals surface area (Å²) < 4.78 is 5.28. The number of aliphatic carboxylic acids is 1. The van der Waals surface area contributed by atoms with E-state index in [1.54, 1.807) is 11.8 Å². The van der Waals surface area contributed by atoms with Gasteiger partial charge >= 0.3 is 12.0 Å². The first kappa shape index (κ1) is 17.1. The zero-order chi connectivity index (χ0) is 16.0. The first-order valence-electron chi connectivity index (χ1n) is 6.91. The Balaban J connectivity index is 2.52. The Hall–Kier alpha value is -1.96. The molecule has 0 radical (unpaired) electrons. The second kappa shape index (κ2) is 7.72. The number of carbonyl (C=O) groups is 2. The van der Waals surface area contributed by atoms with Crippen molar-refractivity contribution in [3.63, 3.8) is 0 Å². The SMILES string of the molecule is CCN(CC(=O)Nc1nnc(C(C)C)o1)CC(C)C(=O)O. The van der Waals surface area contributed by atoms with Gasteiger partial charge in [-0.05, 0) is 6.54 Å². The monoisotopic (exact) mass is 298 g/mol. The molecule has 0 bridgehead atoms. The van der Waals surface area contributed by atoms with Gasteiger partial charge in [-0.1, -0.05) is 32.8 Å². The second-order valence-electron chi connectivity index (χ2n) is 5.22. The number of hydrogen-bond acceptors (Lipinski definition) is 6. The van der Waals surface area contributed by atoms with Crippen molar-refractivity contribution in [2.45, 2.75) is 33.6 Å². The van der Waals surface area contributed by atoms with Gasteiger partial charge < -0.3 is 9.52 Å². The maximum Gasteiger partial charge on any atom is 0.322 e. The molecule has 0 spiro atoms. The Bertz CT molecular complexity index is 486. The van der Waals surface area contributed by atoms with Crippen LogP contribution in [0.15, 0.2) is 4.42 Å². The third-order valence-electron chi connectivity index (χ3n) is 2.95. The summed E-state index contributed by atoms with van der Waals surface area (Å²) in [4.78, 5) is 24.5. The molecule has 1 unspecified atom stereocenters. The molecule has 21 heavy (non-hydrogen) atoms. The smallest absolute Gasteiger partial charge is 0.322 e. The topological polar surface area (TPSA) is 109 Å². The lowest BCUT2D eigenvalue weighted by Crippen LogP contribution is -2.37. The molecule has 0 aliphatic rings. The van der Waals surface area contributed by atoms with Gasteiger partial charge in [0.2, 0.25) is 11.8 Å². The van der Waals surface area contributed by atoms with Crippen LogP contribution in [-0.4, -0.2) is 51.7 Å². The highest BCUT2D eigenvalue weighted by atomic mass is 16.4. The van der Waals surface area contributed by atoms with E-state index >= 15 is 0 Å². The molecule has 0 fully saturated rings. The maximum atomic E-state index is 11.9. The summed E-state index contributed by atoms with van der Waals surface area (Å²) in [6, 6.07) is 0.0611. The highest BCUT2D eigenvalue weighted by Gasteiger charge is 2.18. The Kier molecular flexibility index (Phi) is 6.29. The molecule has 0 aliphatic heterocycles. The molecule has 1 rings (SSSR count). The van der Waals surface area contributed by atoms with Crippen LogP contribution in [0.2, 0.25) is 0 Å². The van der Waals surface area contributed by atoms with Gasteiger partial charge in [-0.3, -0.25) is 19.8 Å². The summed E-state index contributed by atoms with van der Waals surface area (Å²) >= 11 is 0. The molecule has 0 aliphatic carbocycles. The molecule has 2 N–H and O–H groups in total. The first-order chi connectivity index (χ1) is 9.83. The van der Waals surface area contributed by atoms with Crippen LogP contribution in [0.3, 0.4) is 0 Å². The van der Waals surface area contributed by atoms with Crippen molar-refractivity contribution in [2.24, 2.45) is 5.92 Å². The average Bonchev–Trinajstić information content (AvgIpc) is 2.86. The molecule has 1 atom stereocenters. The van der Waals surface area contributed by atoms with Crippen LogP contribution in [0.25, 0.3) is 0 Å². The molecule has 118 valence electrons. The Labute approximate surface area is 123 Å². The van der Waals surface area contributed by atoms with E-state index in [1.807, 2.05) is 20.8 Å². The fraction of sp³-hybridized carbons (Fsp3) is 0.692. The largest absolute Gasteiger partial charge is 0.481 e. The van der Waals surface area contributed by atoms with Crippen molar-refractivity contribution >= 4 is 17.9 Å². The van der Waals surface area contributed by atoms with Crippen LogP contribution < -0.4 is 5.32 Å². The van der Waals surface area contributed by atoms with Crippen molar-refractivity contribution in [1.29, 1.82) is 0 Å². The van der Waals surface area contributed by atoms with Crippen molar-refractivity contribution in [3.05, 3.63) is 5.89 Å². The number of carboxylic acid groups (broad SMARTS) is 1. The Morgan fingerprint density at radius 3 is 2.48 bits per heavy atom. The lowest BCUT2D eigenvalue weighted by atomic mass is 10.1. The molecule has 0 aromatic carbocycles. The average molecular weight is 298 g/mol. The molecular formula is C13H22N4O4. The zero-order valence-electron chi connectivity index (χ0n) is 12.8. The van der Waals surface area contributed by atoms with Gasteiger partial charge in [0.1, 0.15) is 0 Å². The summed E-state index contributed by atoms with van der Waals surface area (Å²) in [6.45, 7) is 8.25. The fourth-order valence-corrected chi connectivity index (χ4v) is 1.65. The maximum absolute atomic E-state index is 11.9. The van der Waals surface area contributed by atoms with E-state index in [9.17, 15) is 9.59 Å². The second-order valence-corrected chi connectivity index (χ2v) is 5.22. The lowest BCUT2D eigenvalue weighted by Gasteiger charge is -2.21. The summed E-state index contributed by atoms with van der Waals surface area (Å²) in [5, 5.41) is 19.0. The minimum atomic E-state index is -0.882. The molecule has 1 heterocycles. The summed E-state index contributed by atoms with van der Waals surface area (Å²) in [5.41, 5.74) is 0. The number of carboxylic acids is 1. The third kappa shape index (κ3) is 5.50. The summed E-state index contributed by atoms with van der Waals surface area (Å²) in [7, 11) is 0. The minimum absolute atomic E-state index is 0.0611. The fourth-order valence-electron chi connectivity index (χ4n) is 1.65. The quantitative estimate of drug-likeness (QED) is 0.741. The number of carbonyl (C=O) groups excluding carboxylic acids is 1. The summed E-state index contributed by atoms with van der Waals surface area (Å²) in [5.74, 6) is -1.18. The minimum Gasteiger partial charge on any atom is -0.481 e. The molecule has 1 aromatic heterocycles. The van der Waals surface area contributed by atoms with Gasteiger partial charge in [0.25, 0.3) is 0 Å². The number of aromatic nitrogens is 2. The van der Waals surface area contributed by atoms with Gasteiger partial charge in [-0.2, -0.15) is 0 Å². The highest BCUT2D eigenvalue weighted by Crippen LogP contribution is 2.14. The Morgan fingerprint density at radius 2 is 2.00 bits per heavy atom. The van der Waals surface area contributed by atoms with Crippen LogP contribution in [0.1, 0.15) is 39.5 Å². The van der Waals surface area contributed by atoms with Gasteiger partial charge in [-0.15, -0.1) is 5.10 Å². The molecule has 1 amide bonds. The van der Waals surface area contributed by atoms with Gasteiger partial charge in [0.05, 0.1) is 12.5 Å². The Morgan fingerprint density at radius 1 is 1.33 bits per heavy atom. The van der Waals surface area contributed by atoms with Gasteiger partial charge in [0, 0.05) is 12.5 Å². The standard InChI is InChI=1S/C13H22N4O4/c1-5-17(6-9(4)12(19)20)7-10(18)14-13-16-15-11(21-13)8(2)3/h8-9H,5-7H2,1-4H3,(H,19,20)(H,14,16,18). The van der Waals surface area contributed by atoms with Gasteiger partial charge in [0.15, 0.2) is 0 Å². The molecule has 0 saturated carbocycles. The molecule has 1 aromatic rings. The zero-order valence-corrected chi connectivity index (χ0v) is 12.8.